The largest absolute Gasteiger partial charge is 0.367 e. The van der Waals surface area contributed by atoms with Gasteiger partial charge in [-0.3, -0.25) is 9.79 Å². The normalized spacial score (nSPS) is 23.1. The van der Waals surface area contributed by atoms with Gasteiger partial charge >= 0.3 is 0 Å². The van der Waals surface area contributed by atoms with Crippen LogP contribution in [0.15, 0.2) is 16.9 Å². The van der Waals surface area contributed by atoms with Gasteiger partial charge in [-0.05, 0) is 6.42 Å². The Morgan fingerprint density at radius 2 is 2.27 bits per heavy atom. The monoisotopic (exact) mass is 150 g/mol. The van der Waals surface area contributed by atoms with Crippen LogP contribution in [0.5, 0.6) is 0 Å². The van der Waals surface area contributed by atoms with Gasteiger partial charge in [0.1, 0.15) is 0 Å². The smallest absolute Gasteiger partial charge is 0.185 e. The van der Waals surface area contributed by atoms with E-state index in [1.54, 1.807) is 12.4 Å². The van der Waals surface area contributed by atoms with E-state index >= 15 is 0 Å². The highest BCUT2D eigenvalue weighted by Crippen LogP contribution is 2.17. The molecule has 0 atom stereocenters. The number of carbonyl (C=O) groups excluding carboxylic acids is 1. The van der Waals surface area contributed by atoms with Crippen LogP contribution in [0.3, 0.4) is 0 Å². The zero-order chi connectivity index (χ0) is 7.68. The number of likely N-dealkylation sites (tertiary alicyclic amines) is 1. The van der Waals surface area contributed by atoms with Gasteiger partial charge in [0.05, 0.1) is 11.9 Å². The maximum atomic E-state index is 11.2. The van der Waals surface area contributed by atoms with Crippen molar-refractivity contribution >= 4 is 12.0 Å². The third-order valence-electron chi connectivity index (χ3n) is 2.06. The molecule has 0 bridgehead atoms. The van der Waals surface area contributed by atoms with E-state index in [0.29, 0.717) is 6.42 Å². The third kappa shape index (κ3) is 1.06. The quantitative estimate of drug-likeness (QED) is 0.547. The fourth-order valence-corrected chi connectivity index (χ4v) is 1.25. The minimum atomic E-state index is 0.208. The van der Waals surface area contributed by atoms with E-state index in [4.69, 9.17) is 0 Å². The van der Waals surface area contributed by atoms with Crippen LogP contribution in [0, 0.1) is 0 Å². The molecule has 0 saturated carbocycles. The molecule has 1 saturated heterocycles. The molecule has 0 aliphatic carbocycles. The Bertz CT molecular complexity index is 238. The SMILES string of the molecule is O=C1CC=NC=C1N1CCC1. The molecular formula is C8H10N2O. The molecule has 0 unspecified atom stereocenters. The number of carbonyl (C=O) groups is 1. The molecule has 11 heavy (non-hydrogen) atoms. The van der Waals surface area contributed by atoms with Crippen LogP contribution in [0.4, 0.5) is 0 Å². The molecule has 0 aromatic heterocycles. The second-order valence-electron chi connectivity index (χ2n) is 2.81. The molecule has 58 valence electrons. The molecule has 2 aliphatic heterocycles. The van der Waals surface area contributed by atoms with Crippen LogP contribution >= 0.6 is 0 Å². The number of Topliss-reactive ketones (excluding diaryl/α,β-unsaturated/α-hetero) is 1. The fraction of sp³-hybridized carbons (Fsp3) is 0.500. The molecule has 2 heterocycles. The number of allylic oxidation sites excluding steroid dienone is 1. The summed E-state index contributed by atoms with van der Waals surface area (Å²) < 4.78 is 0. The van der Waals surface area contributed by atoms with Crippen molar-refractivity contribution in [3.8, 4) is 0 Å². The Hall–Kier alpha value is -1.12. The van der Waals surface area contributed by atoms with Gasteiger partial charge in [-0.2, -0.15) is 0 Å². The van der Waals surface area contributed by atoms with E-state index < -0.39 is 0 Å². The maximum Gasteiger partial charge on any atom is 0.185 e. The van der Waals surface area contributed by atoms with Gasteiger partial charge in [0.15, 0.2) is 5.78 Å². The Morgan fingerprint density at radius 1 is 1.45 bits per heavy atom. The van der Waals surface area contributed by atoms with Crippen molar-refractivity contribution in [3.63, 3.8) is 0 Å². The van der Waals surface area contributed by atoms with E-state index in [0.717, 1.165) is 18.8 Å². The molecule has 3 nitrogen and oxygen atoms in total. The van der Waals surface area contributed by atoms with E-state index in [2.05, 4.69) is 9.89 Å². The van der Waals surface area contributed by atoms with Gasteiger partial charge in [-0.25, -0.2) is 0 Å². The van der Waals surface area contributed by atoms with Crippen LogP contribution in [0.1, 0.15) is 12.8 Å². The number of hydrogen-bond acceptors (Lipinski definition) is 3. The van der Waals surface area contributed by atoms with Gasteiger partial charge in [-0.1, -0.05) is 0 Å². The lowest BCUT2D eigenvalue weighted by atomic mass is 10.1. The minimum absolute atomic E-state index is 0.208. The first-order chi connectivity index (χ1) is 5.38. The molecule has 0 N–H and O–H groups in total. The maximum absolute atomic E-state index is 11.2. The average Bonchev–Trinajstić information content (AvgIpc) is 1.90. The molecule has 2 rings (SSSR count). The topological polar surface area (TPSA) is 32.7 Å². The zero-order valence-electron chi connectivity index (χ0n) is 6.29. The molecule has 3 heteroatoms. The molecule has 2 aliphatic rings. The van der Waals surface area contributed by atoms with Crippen molar-refractivity contribution in [2.75, 3.05) is 13.1 Å². The summed E-state index contributed by atoms with van der Waals surface area (Å²) in [5, 5.41) is 0. The van der Waals surface area contributed by atoms with E-state index in [9.17, 15) is 4.79 Å². The number of ketones is 1. The van der Waals surface area contributed by atoms with Crippen molar-refractivity contribution in [2.45, 2.75) is 12.8 Å². The summed E-state index contributed by atoms with van der Waals surface area (Å²) in [5.41, 5.74) is 0.804. The van der Waals surface area contributed by atoms with Crippen molar-refractivity contribution < 1.29 is 4.79 Å². The zero-order valence-corrected chi connectivity index (χ0v) is 6.29. The number of hydrogen-bond donors (Lipinski definition) is 0. The number of nitrogens with zero attached hydrogens (tertiary/aromatic N) is 2. The fourth-order valence-electron chi connectivity index (χ4n) is 1.25. The molecule has 0 aromatic carbocycles. The van der Waals surface area contributed by atoms with Crippen LogP contribution in [0.2, 0.25) is 0 Å². The van der Waals surface area contributed by atoms with E-state index in [-0.39, 0.29) is 5.78 Å². The van der Waals surface area contributed by atoms with Crippen LogP contribution < -0.4 is 0 Å². The van der Waals surface area contributed by atoms with Crippen LogP contribution in [0.25, 0.3) is 0 Å². The molecule has 0 radical (unpaired) electrons. The summed E-state index contributed by atoms with van der Waals surface area (Å²) in [4.78, 5) is 17.3. The highest BCUT2D eigenvalue weighted by molar-refractivity contribution is 6.04. The first-order valence-electron chi connectivity index (χ1n) is 3.88. The Morgan fingerprint density at radius 3 is 2.82 bits per heavy atom. The summed E-state index contributed by atoms with van der Waals surface area (Å²) in [6.07, 6.45) is 5.01. The van der Waals surface area contributed by atoms with Crippen LogP contribution in [-0.2, 0) is 4.79 Å². The van der Waals surface area contributed by atoms with E-state index in [1.807, 2.05) is 0 Å². The van der Waals surface area contributed by atoms with E-state index in [1.165, 1.54) is 6.42 Å². The first kappa shape index (κ1) is 6.58. The molecule has 1 fully saturated rings. The average molecular weight is 150 g/mol. The molecule has 0 amide bonds. The lowest BCUT2D eigenvalue weighted by molar-refractivity contribution is -0.116. The van der Waals surface area contributed by atoms with Gasteiger partial charge in [0.25, 0.3) is 0 Å². The Labute approximate surface area is 65.4 Å². The summed E-state index contributed by atoms with van der Waals surface area (Å²) in [5.74, 6) is 0.208. The van der Waals surface area contributed by atoms with Crippen LogP contribution in [-0.4, -0.2) is 30.0 Å². The minimum Gasteiger partial charge on any atom is -0.367 e. The third-order valence-corrected chi connectivity index (χ3v) is 2.06. The predicted molar refractivity (Wildman–Crippen MR) is 42.4 cm³/mol. The van der Waals surface area contributed by atoms with Gasteiger partial charge in [-0.15, -0.1) is 0 Å². The van der Waals surface area contributed by atoms with Crippen molar-refractivity contribution in [1.82, 2.24) is 4.90 Å². The number of aliphatic imine (C=N–C) groups is 1. The second kappa shape index (κ2) is 2.49. The van der Waals surface area contributed by atoms with Gasteiger partial charge in [0, 0.05) is 25.7 Å². The lowest BCUT2D eigenvalue weighted by Gasteiger charge is -2.34. The summed E-state index contributed by atoms with van der Waals surface area (Å²) in [7, 11) is 0. The van der Waals surface area contributed by atoms with Crippen molar-refractivity contribution in [3.05, 3.63) is 11.9 Å². The standard InChI is InChI=1S/C8H10N2O/c11-8-2-3-9-6-7(8)10-4-1-5-10/h3,6H,1-2,4-5H2. The predicted octanol–water partition coefficient (Wildman–Crippen LogP) is 0.577. The van der Waals surface area contributed by atoms with Crippen molar-refractivity contribution in [2.24, 2.45) is 4.99 Å². The summed E-state index contributed by atoms with van der Waals surface area (Å²) in [6, 6.07) is 0. The Balaban J connectivity index is 2.14. The van der Waals surface area contributed by atoms with Gasteiger partial charge in [0.2, 0.25) is 0 Å². The Kier molecular flexibility index (Phi) is 1.49. The lowest BCUT2D eigenvalue weighted by Crippen LogP contribution is -2.39. The number of rotatable bonds is 1. The molecular weight excluding hydrogens is 140 g/mol. The summed E-state index contributed by atoms with van der Waals surface area (Å²) >= 11 is 0. The highest BCUT2D eigenvalue weighted by Gasteiger charge is 2.22. The van der Waals surface area contributed by atoms with Gasteiger partial charge < -0.3 is 4.90 Å². The summed E-state index contributed by atoms with van der Waals surface area (Å²) in [6.45, 7) is 2.04. The van der Waals surface area contributed by atoms with Crippen molar-refractivity contribution in [1.29, 1.82) is 0 Å². The molecule has 0 aromatic rings. The molecule has 0 spiro atoms. The second-order valence-corrected chi connectivity index (χ2v) is 2.81. The first-order valence-corrected chi connectivity index (χ1v) is 3.88. The highest BCUT2D eigenvalue weighted by atomic mass is 16.1.